The van der Waals surface area contributed by atoms with E-state index >= 15 is 0 Å². The van der Waals surface area contributed by atoms with Crippen molar-refractivity contribution in [2.24, 2.45) is 0 Å². The van der Waals surface area contributed by atoms with Gasteiger partial charge in [-0.25, -0.2) is 0 Å². The predicted molar refractivity (Wildman–Crippen MR) is 83.5 cm³/mol. The van der Waals surface area contributed by atoms with Crippen LogP contribution in [-0.4, -0.2) is 13.7 Å². The van der Waals surface area contributed by atoms with Crippen LogP contribution in [0.2, 0.25) is 0 Å². The summed E-state index contributed by atoms with van der Waals surface area (Å²) in [6, 6.07) is 7.98. The van der Waals surface area contributed by atoms with Gasteiger partial charge in [0.2, 0.25) is 0 Å². The summed E-state index contributed by atoms with van der Waals surface area (Å²) in [5, 5.41) is 5.46. The summed E-state index contributed by atoms with van der Waals surface area (Å²) < 4.78 is 11.9. The van der Waals surface area contributed by atoms with E-state index in [1.165, 1.54) is 4.88 Å². The first-order valence-electron chi connectivity index (χ1n) is 6.00. The number of benzene rings is 1. The van der Waals surface area contributed by atoms with E-state index in [2.05, 4.69) is 32.7 Å². The Morgan fingerprint density at radius 3 is 2.74 bits per heavy atom. The van der Waals surface area contributed by atoms with Gasteiger partial charge < -0.3 is 14.8 Å². The van der Waals surface area contributed by atoms with Crippen molar-refractivity contribution in [3.63, 3.8) is 0 Å². The van der Waals surface area contributed by atoms with Gasteiger partial charge in [0.05, 0.1) is 13.7 Å². The number of anilines is 1. The third-order valence-corrected chi connectivity index (χ3v) is 4.25. The van der Waals surface area contributed by atoms with Crippen LogP contribution in [0.5, 0.6) is 11.5 Å². The SMILES string of the molecule is CCOc1cc(NCc2cc(Br)cs2)ccc1OC. The minimum Gasteiger partial charge on any atom is -0.493 e. The number of nitrogens with one attached hydrogen (secondary N) is 1. The maximum absolute atomic E-state index is 5.55. The lowest BCUT2D eigenvalue weighted by Crippen LogP contribution is -2.00. The van der Waals surface area contributed by atoms with Crippen LogP contribution < -0.4 is 14.8 Å². The maximum Gasteiger partial charge on any atom is 0.163 e. The van der Waals surface area contributed by atoms with E-state index in [1.807, 2.05) is 25.1 Å². The lowest BCUT2D eigenvalue weighted by molar-refractivity contribution is 0.311. The smallest absolute Gasteiger partial charge is 0.163 e. The molecule has 0 atom stereocenters. The summed E-state index contributed by atoms with van der Waals surface area (Å²) in [5.74, 6) is 1.52. The molecule has 0 unspecified atom stereocenters. The Labute approximate surface area is 125 Å². The molecule has 1 aromatic carbocycles. The van der Waals surface area contributed by atoms with Crippen LogP contribution >= 0.6 is 27.3 Å². The summed E-state index contributed by atoms with van der Waals surface area (Å²) in [6.07, 6.45) is 0. The second-order valence-electron chi connectivity index (χ2n) is 3.88. The second-order valence-corrected chi connectivity index (χ2v) is 5.79. The van der Waals surface area contributed by atoms with Crippen LogP contribution in [-0.2, 0) is 6.54 Å². The summed E-state index contributed by atoms with van der Waals surface area (Å²) in [4.78, 5) is 1.28. The fourth-order valence-corrected chi connectivity index (χ4v) is 3.08. The Balaban J connectivity index is 2.05. The van der Waals surface area contributed by atoms with Crippen LogP contribution in [0.4, 0.5) is 5.69 Å². The van der Waals surface area contributed by atoms with Gasteiger partial charge in [-0.3, -0.25) is 0 Å². The zero-order valence-corrected chi connectivity index (χ0v) is 13.3. The zero-order chi connectivity index (χ0) is 13.7. The van der Waals surface area contributed by atoms with Crippen molar-refractivity contribution in [3.8, 4) is 11.5 Å². The highest BCUT2D eigenvalue weighted by atomic mass is 79.9. The van der Waals surface area contributed by atoms with Crippen molar-refractivity contribution >= 4 is 33.0 Å². The topological polar surface area (TPSA) is 30.5 Å². The highest BCUT2D eigenvalue weighted by Gasteiger charge is 2.05. The van der Waals surface area contributed by atoms with Gasteiger partial charge in [-0.2, -0.15) is 0 Å². The zero-order valence-electron chi connectivity index (χ0n) is 10.9. The third kappa shape index (κ3) is 3.88. The number of ether oxygens (including phenoxy) is 2. The summed E-state index contributed by atoms with van der Waals surface area (Å²) >= 11 is 5.18. The van der Waals surface area contributed by atoms with Gasteiger partial charge in [0.1, 0.15) is 0 Å². The molecular weight excluding hydrogens is 326 g/mol. The fraction of sp³-hybridized carbons (Fsp3) is 0.286. The van der Waals surface area contributed by atoms with Crippen molar-refractivity contribution in [1.29, 1.82) is 0 Å². The molecule has 0 spiro atoms. The Morgan fingerprint density at radius 1 is 1.26 bits per heavy atom. The molecule has 0 saturated heterocycles. The molecule has 0 aliphatic rings. The molecule has 0 bridgehead atoms. The number of hydrogen-bond donors (Lipinski definition) is 1. The first kappa shape index (κ1) is 14.2. The molecule has 2 rings (SSSR count). The van der Waals surface area contributed by atoms with Crippen LogP contribution in [0.3, 0.4) is 0 Å². The highest BCUT2D eigenvalue weighted by Crippen LogP contribution is 2.30. The van der Waals surface area contributed by atoms with Crippen LogP contribution in [0, 0.1) is 0 Å². The van der Waals surface area contributed by atoms with Gasteiger partial charge in [-0.05, 0) is 41.1 Å². The van der Waals surface area contributed by atoms with Gasteiger partial charge >= 0.3 is 0 Å². The molecule has 0 aliphatic heterocycles. The monoisotopic (exact) mass is 341 g/mol. The van der Waals surface area contributed by atoms with E-state index in [1.54, 1.807) is 18.4 Å². The first-order chi connectivity index (χ1) is 9.22. The summed E-state index contributed by atoms with van der Waals surface area (Å²) in [7, 11) is 1.65. The Bertz CT molecular complexity index is 542. The minimum absolute atomic E-state index is 0.623. The fourth-order valence-electron chi connectivity index (χ4n) is 1.69. The van der Waals surface area contributed by atoms with Gasteiger partial charge in [-0.1, -0.05) is 0 Å². The van der Waals surface area contributed by atoms with E-state index in [9.17, 15) is 0 Å². The number of hydrogen-bond acceptors (Lipinski definition) is 4. The molecular formula is C14H16BrNO2S. The Kier molecular flexibility index (Phi) is 5.10. The van der Waals surface area contributed by atoms with Crippen molar-refractivity contribution in [3.05, 3.63) is 39.0 Å². The molecule has 0 aliphatic carbocycles. The maximum atomic E-state index is 5.55. The molecule has 3 nitrogen and oxygen atoms in total. The van der Waals surface area contributed by atoms with Crippen molar-refractivity contribution in [2.75, 3.05) is 19.0 Å². The highest BCUT2D eigenvalue weighted by molar-refractivity contribution is 9.10. The van der Waals surface area contributed by atoms with Gasteiger partial charge in [0, 0.05) is 33.0 Å². The largest absolute Gasteiger partial charge is 0.493 e. The molecule has 2 aromatic rings. The normalized spacial score (nSPS) is 10.3. The molecule has 5 heteroatoms. The molecule has 1 N–H and O–H groups in total. The average molecular weight is 342 g/mol. The lowest BCUT2D eigenvalue weighted by atomic mass is 10.2. The summed E-state index contributed by atoms with van der Waals surface area (Å²) in [5.41, 5.74) is 1.02. The van der Waals surface area contributed by atoms with Crippen molar-refractivity contribution < 1.29 is 9.47 Å². The second kappa shape index (κ2) is 6.82. The Hall–Kier alpha value is -1.20. The van der Waals surface area contributed by atoms with Crippen molar-refractivity contribution in [1.82, 2.24) is 0 Å². The standard InChI is InChI=1S/C14H16BrNO2S/c1-3-18-14-7-11(4-5-13(14)17-2)16-8-12-6-10(15)9-19-12/h4-7,9,16H,3,8H2,1-2H3. The van der Waals surface area contributed by atoms with Gasteiger partial charge in [0.25, 0.3) is 0 Å². The lowest BCUT2D eigenvalue weighted by Gasteiger charge is -2.12. The Morgan fingerprint density at radius 2 is 2.11 bits per heavy atom. The molecule has 0 amide bonds. The van der Waals surface area contributed by atoms with Crippen LogP contribution in [0.25, 0.3) is 0 Å². The van der Waals surface area contributed by atoms with E-state index in [0.717, 1.165) is 28.2 Å². The molecule has 1 heterocycles. The number of thiophene rings is 1. The number of halogens is 1. The first-order valence-corrected chi connectivity index (χ1v) is 7.67. The van der Waals surface area contributed by atoms with E-state index in [0.29, 0.717) is 6.61 Å². The van der Waals surface area contributed by atoms with Crippen LogP contribution in [0.1, 0.15) is 11.8 Å². The van der Waals surface area contributed by atoms with E-state index < -0.39 is 0 Å². The predicted octanol–water partition coefficient (Wildman–Crippen LogP) is 4.53. The van der Waals surface area contributed by atoms with E-state index in [4.69, 9.17) is 9.47 Å². The minimum atomic E-state index is 0.623. The molecule has 19 heavy (non-hydrogen) atoms. The van der Waals surface area contributed by atoms with Crippen LogP contribution in [0.15, 0.2) is 34.1 Å². The third-order valence-electron chi connectivity index (χ3n) is 2.55. The quantitative estimate of drug-likeness (QED) is 0.837. The number of methoxy groups -OCH3 is 1. The molecule has 0 radical (unpaired) electrons. The molecule has 1 aromatic heterocycles. The van der Waals surface area contributed by atoms with Crippen molar-refractivity contribution in [2.45, 2.75) is 13.5 Å². The molecule has 0 saturated carbocycles. The number of rotatable bonds is 6. The average Bonchev–Trinajstić information content (AvgIpc) is 2.83. The van der Waals surface area contributed by atoms with Gasteiger partial charge in [-0.15, -0.1) is 11.3 Å². The van der Waals surface area contributed by atoms with Gasteiger partial charge in [0.15, 0.2) is 11.5 Å². The molecule has 102 valence electrons. The van der Waals surface area contributed by atoms with E-state index in [-0.39, 0.29) is 0 Å². The summed E-state index contributed by atoms with van der Waals surface area (Å²) in [6.45, 7) is 3.38. The molecule has 0 fully saturated rings.